The fourth-order valence-corrected chi connectivity index (χ4v) is 3.86. The van der Waals surface area contributed by atoms with Crippen molar-refractivity contribution in [2.24, 2.45) is 0 Å². The molecule has 4 rings (SSSR count). The number of benzene rings is 3. The molecule has 0 atom stereocenters. The van der Waals surface area contributed by atoms with Crippen LogP contribution in [0.4, 0.5) is 11.4 Å². The average Bonchev–Trinajstić information content (AvgIpc) is 2.76. The average molecular weight is 300 g/mol. The lowest BCUT2D eigenvalue weighted by molar-refractivity contribution is 0.662. The molecule has 0 spiro atoms. The lowest BCUT2D eigenvalue weighted by atomic mass is 9.78. The first-order valence-electron chi connectivity index (χ1n) is 7.89. The minimum atomic E-state index is -0.124. The SMILES string of the molecule is CC1(C)c2cc(N)ccc2-c2ccc(N)c(-c3ccccc3)c21. The summed E-state index contributed by atoms with van der Waals surface area (Å²) in [6.45, 7) is 4.51. The van der Waals surface area contributed by atoms with Gasteiger partial charge in [-0.05, 0) is 46.0 Å². The molecule has 0 aliphatic heterocycles. The lowest BCUT2D eigenvalue weighted by Crippen LogP contribution is -2.17. The summed E-state index contributed by atoms with van der Waals surface area (Å²) in [5, 5.41) is 0. The largest absolute Gasteiger partial charge is 0.399 e. The third-order valence-electron chi connectivity index (χ3n) is 4.93. The molecule has 0 fully saturated rings. The standard InChI is InChI=1S/C21H20N2/c1-21(2)17-12-14(22)8-9-15(17)16-10-11-18(23)19(20(16)21)13-6-4-3-5-7-13/h3-12H,22-23H2,1-2H3. The monoisotopic (exact) mass is 300 g/mol. The molecular weight excluding hydrogens is 280 g/mol. The van der Waals surface area contributed by atoms with Gasteiger partial charge in [0.25, 0.3) is 0 Å². The molecular formula is C21H20N2. The normalized spacial score (nSPS) is 14.3. The van der Waals surface area contributed by atoms with Crippen LogP contribution >= 0.6 is 0 Å². The van der Waals surface area contributed by atoms with E-state index in [-0.39, 0.29) is 5.41 Å². The van der Waals surface area contributed by atoms with Crippen molar-refractivity contribution in [2.75, 3.05) is 11.5 Å². The summed E-state index contributed by atoms with van der Waals surface area (Å²) in [5.74, 6) is 0. The molecule has 0 amide bonds. The van der Waals surface area contributed by atoms with Crippen LogP contribution in [-0.2, 0) is 5.41 Å². The van der Waals surface area contributed by atoms with Gasteiger partial charge < -0.3 is 11.5 Å². The quantitative estimate of drug-likeness (QED) is 0.633. The van der Waals surface area contributed by atoms with Crippen molar-refractivity contribution < 1.29 is 0 Å². The topological polar surface area (TPSA) is 52.0 Å². The van der Waals surface area contributed by atoms with Gasteiger partial charge in [0.15, 0.2) is 0 Å². The van der Waals surface area contributed by atoms with E-state index in [1.807, 2.05) is 18.2 Å². The minimum absolute atomic E-state index is 0.124. The Kier molecular flexibility index (Phi) is 2.79. The summed E-state index contributed by atoms with van der Waals surface area (Å²) in [6.07, 6.45) is 0. The van der Waals surface area contributed by atoms with Gasteiger partial charge in [0.2, 0.25) is 0 Å². The number of anilines is 2. The maximum Gasteiger partial charge on any atom is 0.0397 e. The molecule has 0 bridgehead atoms. The summed E-state index contributed by atoms with van der Waals surface area (Å²) < 4.78 is 0. The van der Waals surface area contributed by atoms with Gasteiger partial charge in [0.05, 0.1) is 0 Å². The third kappa shape index (κ3) is 1.88. The fourth-order valence-electron chi connectivity index (χ4n) is 3.86. The van der Waals surface area contributed by atoms with Crippen LogP contribution in [0, 0.1) is 0 Å². The van der Waals surface area contributed by atoms with Crippen LogP contribution < -0.4 is 11.5 Å². The first kappa shape index (κ1) is 13.9. The highest BCUT2D eigenvalue weighted by molar-refractivity contribution is 5.93. The molecule has 114 valence electrons. The van der Waals surface area contributed by atoms with E-state index in [9.17, 15) is 0 Å². The Labute approximate surface area is 136 Å². The van der Waals surface area contributed by atoms with Gasteiger partial charge in [-0.15, -0.1) is 0 Å². The molecule has 4 N–H and O–H groups in total. The highest BCUT2D eigenvalue weighted by Crippen LogP contribution is 2.53. The van der Waals surface area contributed by atoms with Gasteiger partial charge >= 0.3 is 0 Å². The van der Waals surface area contributed by atoms with Gasteiger partial charge in [-0.3, -0.25) is 0 Å². The Morgan fingerprint density at radius 1 is 0.783 bits per heavy atom. The molecule has 1 aliphatic rings. The molecule has 23 heavy (non-hydrogen) atoms. The predicted octanol–water partition coefficient (Wildman–Crippen LogP) is 4.82. The van der Waals surface area contributed by atoms with Gasteiger partial charge in [-0.1, -0.05) is 56.3 Å². The van der Waals surface area contributed by atoms with E-state index in [0.29, 0.717) is 0 Å². The summed E-state index contributed by atoms with van der Waals surface area (Å²) in [6, 6.07) is 20.8. The van der Waals surface area contributed by atoms with E-state index in [0.717, 1.165) is 22.5 Å². The molecule has 2 nitrogen and oxygen atoms in total. The van der Waals surface area contributed by atoms with Gasteiger partial charge in [0.1, 0.15) is 0 Å². The smallest absolute Gasteiger partial charge is 0.0397 e. The number of hydrogen-bond donors (Lipinski definition) is 2. The minimum Gasteiger partial charge on any atom is -0.399 e. The Morgan fingerprint density at radius 2 is 1.48 bits per heavy atom. The van der Waals surface area contributed by atoms with Crippen LogP contribution in [0.5, 0.6) is 0 Å². The van der Waals surface area contributed by atoms with E-state index in [2.05, 4.69) is 56.3 Å². The molecule has 0 saturated carbocycles. The summed E-state index contributed by atoms with van der Waals surface area (Å²) >= 11 is 0. The van der Waals surface area contributed by atoms with Crippen LogP contribution in [0.25, 0.3) is 22.3 Å². The maximum absolute atomic E-state index is 6.39. The van der Waals surface area contributed by atoms with Crippen LogP contribution in [0.15, 0.2) is 60.7 Å². The summed E-state index contributed by atoms with van der Waals surface area (Å²) in [4.78, 5) is 0. The summed E-state index contributed by atoms with van der Waals surface area (Å²) in [7, 11) is 0. The van der Waals surface area contributed by atoms with Crippen LogP contribution in [0.3, 0.4) is 0 Å². The number of hydrogen-bond acceptors (Lipinski definition) is 2. The zero-order chi connectivity index (χ0) is 16.2. The molecule has 1 aliphatic carbocycles. The Bertz CT molecular complexity index is 909. The molecule has 0 unspecified atom stereocenters. The maximum atomic E-state index is 6.39. The van der Waals surface area contributed by atoms with Gasteiger partial charge in [-0.25, -0.2) is 0 Å². The third-order valence-corrected chi connectivity index (χ3v) is 4.93. The number of nitrogens with two attached hydrogens (primary N) is 2. The Morgan fingerprint density at radius 3 is 2.22 bits per heavy atom. The van der Waals surface area contributed by atoms with E-state index in [4.69, 9.17) is 11.5 Å². The molecule has 0 saturated heterocycles. The molecule has 3 aromatic rings. The molecule has 0 aromatic heterocycles. The van der Waals surface area contributed by atoms with E-state index in [1.165, 1.54) is 22.3 Å². The highest BCUT2D eigenvalue weighted by atomic mass is 14.6. The van der Waals surface area contributed by atoms with E-state index >= 15 is 0 Å². The van der Waals surface area contributed by atoms with Crippen molar-refractivity contribution in [1.82, 2.24) is 0 Å². The zero-order valence-corrected chi connectivity index (χ0v) is 13.4. The second-order valence-electron chi connectivity index (χ2n) is 6.75. The summed E-state index contributed by atoms with van der Waals surface area (Å²) in [5.41, 5.74) is 21.3. The van der Waals surface area contributed by atoms with Crippen molar-refractivity contribution in [3.8, 4) is 22.3 Å². The van der Waals surface area contributed by atoms with Crippen molar-refractivity contribution in [2.45, 2.75) is 19.3 Å². The van der Waals surface area contributed by atoms with Crippen molar-refractivity contribution in [3.63, 3.8) is 0 Å². The Balaban J connectivity index is 2.09. The number of fused-ring (bicyclic) bond motifs is 3. The fraction of sp³-hybridized carbons (Fsp3) is 0.143. The van der Waals surface area contributed by atoms with Gasteiger partial charge in [-0.2, -0.15) is 0 Å². The molecule has 3 aromatic carbocycles. The first-order valence-corrected chi connectivity index (χ1v) is 7.89. The molecule has 0 heterocycles. The number of rotatable bonds is 1. The lowest BCUT2D eigenvalue weighted by Gasteiger charge is -2.25. The highest BCUT2D eigenvalue weighted by Gasteiger charge is 2.38. The predicted molar refractivity (Wildman–Crippen MR) is 98.3 cm³/mol. The van der Waals surface area contributed by atoms with Crippen molar-refractivity contribution >= 4 is 11.4 Å². The van der Waals surface area contributed by atoms with Gasteiger partial charge in [0, 0.05) is 22.4 Å². The van der Waals surface area contributed by atoms with Crippen molar-refractivity contribution in [1.29, 1.82) is 0 Å². The molecule has 0 radical (unpaired) electrons. The van der Waals surface area contributed by atoms with E-state index in [1.54, 1.807) is 0 Å². The second kappa shape index (κ2) is 4.63. The van der Waals surface area contributed by atoms with Crippen LogP contribution in [0.2, 0.25) is 0 Å². The Hall–Kier alpha value is -2.74. The molecule has 2 heteroatoms. The van der Waals surface area contributed by atoms with Crippen LogP contribution in [-0.4, -0.2) is 0 Å². The second-order valence-corrected chi connectivity index (χ2v) is 6.75. The van der Waals surface area contributed by atoms with Crippen molar-refractivity contribution in [3.05, 3.63) is 71.8 Å². The number of nitrogen functional groups attached to an aromatic ring is 2. The first-order chi connectivity index (χ1) is 11.0. The zero-order valence-electron chi connectivity index (χ0n) is 13.4. The van der Waals surface area contributed by atoms with E-state index < -0.39 is 0 Å². The van der Waals surface area contributed by atoms with Crippen LogP contribution in [0.1, 0.15) is 25.0 Å².